The molecule has 0 aliphatic carbocycles. The molecule has 82 valence electrons. The molecule has 0 amide bonds. The number of rotatable bonds is 1. The molecule has 0 aromatic rings. The Hall–Kier alpha value is -0.200. The lowest BCUT2D eigenvalue weighted by Gasteiger charge is -2.41. The monoisotopic (exact) mass is 203 g/mol. The fourth-order valence-electron chi connectivity index (χ4n) is 2.83. The first-order valence-corrected chi connectivity index (χ1v) is 4.87. The molecular formula is C9H17NO4. The molecule has 5 nitrogen and oxygen atoms in total. The van der Waals surface area contributed by atoms with Gasteiger partial charge in [0.15, 0.2) is 0 Å². The molecule has 2 bridgehead atoms. The zero-order chi connectivity index (χ0) is 10.6. The molecule has 5 N–H and O–H groups in total. The van der Waals surface area contributed by atoms with Gasteiger partial charge in [0.2, 0.25) is 0 Å². The minimum absolute atomic E-state index is 0.255. The molecule has 0 spiro atoms. The second-order valence-corrected chi connectivity index (χ2v) is 4.88. The maximum Gasteiger partial charge on any atom is 0.102 e. The van der Waals surface area contributed by atoms with Crippen LogP contribution in [-0.4, -0.2) is 56.4 Å². The van der Waals surface area contributed by atoms with Gasteiger partial charge in [0.25, 0.3) is 0 Å². The topological polar surface area (TPSA) is 93.0 Å². The van der Waals surface area contributed by atoms with Crippen LogP contribution in [0.3, 0.4) is 0 Å². The van der Waals surface area contributed by atoms with Gasteiger partial charge in [0.05, 0.1) is 23.9 Å². The van der Waals surface area contributed by atoms with E-state index in [1.54, 1.807) is 6.92 Å². The van der Waals surface area contributed by atoms with Crippen LogP contribution in [0.5, 0.6) is 0 Å². The van der Waals surface area contributed by atoms with Crippen LogP contribution in [0.25, 0.3) is 0 Å². The standard InChI is InChI=1S/C9H17NO4/c1-8(14)2-5-6(12)7(13)9(3-8,4-11)10-5/h5-7,10-14H,2-4H2,1H3/t5-,6-,7+,8+,9-/m0/s1. The molecule has 2 heterocycles. The zero-order valence-corrected chi connectivity index (χ0v) is 8.14. The van der Waals surface area contributed by atoms with E-state index in [1.165, 1.54) is 0 Å². The van der Waals surface area contributed by atoms with E-state index in [9.17, 15) is 20.4 Å². The highest BCUT2D eigenvalue weighted by Crippen LogP contribution is 2.40. The van der Waals surface area contributed by atoms with Crippen molar-refractivity contribution < 1.29 is 20.4 Å². The Morgan fingerprint density at radius 2 is 2.07 bits per heavy atom. The normalized spacial score (nSPS) is 57.6. The highest BCUT2D eigenvalue weighted by atomic mass is 16.3. The van der Waals surface area contributed by atoms with E-state index in [1.807, 2.05) is 0 Å². The summed E-state index contributed by atoms with van der Waals surface area (Å²) in [6.45, 7) is 1.38. The first kappa shape index (κ1) is 10.3. The van der Waals surface area contributed by atoms with Crippen LogP contribution in [0, 0.1) is 0 Å². The van der Waals surface area contributed by atoms with Gasteiger partial charge in [-0.3, -0.25) is 0 Å². The number of fused-ring (bicyclic) bond motifs is 2. The molecule has 2 aliphatic rings. The molecule has 0 radical (unpaired) electrons. The third kappa shape index (κ3) is 1.28. The molecule has 2 saturated heterocycles. The SMILES string of the molecule is C[C@@]1(O)C[C@@H]2N[C@](CO)(C1)[C@H](O)[C@H]2O. The molecule has 2 fully saturated rings. The van der Waals surface area contributed by atoms with Crippen molar-refractivity contribution in [2.75, 3.05) is 6.61 Å². The summed E-state index contributed by atoms with van der Waals surface area (Å²) in [6, 6.07) is -0.332. The van der Waals surface area contributed by atoms with Crippen LogP contribution >= 0.6 is 0 Å². The van der Waals surface area contributed by atoms with Crippen LogP contribution in [0.4, 0.5) is 0 Å². The van der Waals surface area contributed by atoms with Crippen molar-refractivity contribution in [1.29, 1.82) is 0 Å². The Morgan fingerprint density at radius 1 is 1.43 bits per heavy atom. The minimum atomic E-state index is -1.01. The smallest absolute Gasteiger partial charge is 0.102 e. The lowest BCUT2D eigenvalue weighted by Crippen LogP contribution is -2.60. The predicted octanol–water partition coefficient (Wildman–Crippen LogP) is -2.04. The highest BCUT2D eigenvalue weighted by Gasteiger charge is 2.59. The lowest BCUT2D eigenvalue weighted by molar-refractivity contribution is -0.0522. The van der Waals surface area contributed by atoms with Crippen LogP contribution < -0.4 is 5.32 Å². The molecule has 0 aromatic heterocycles. The summed E-state index contributed by atoms with van der Waals surface area (Å²) in [4.78, 5) is 0. The number of hydrogen-bond donors (Lipinski definition) is 5. The average Bonchev–Trinajstić information content (AvgIpc) is 2.28. The summed E-state index contributed by atoms with van der Waals surface area (Å²) in [5.74, 6) is 0. The molecule has 2 rings (SSSR count). The summed E-state index contributed by atoms with van der Waals surface area (Å²) in [6.07, 6.45) is -1.26. The van der Waals surface area contributed by atoms with Crippen LogP contribution in [0.2, 0.25) is 0 Å². The summed E-state index contributed by atoms with van der Waals surface area (Å²) >= 11 is 0. The Morgan fingerprint density at radius 3 is 2.64 bits per heavy atom. The second kappa shape index (κ2) is 2.90. The van der Waals surface area contributed by atoms with Crippen molar-refractivity contribution >= 4 is 0 Å². The van der Waals surface area contributed by atoms with Crippen molar-refractivity contribution in [2.24, 2.45) is 0 Å². The Kier molecular flexibility index (Phi) is 2.14. The van der Waals surface area contributed by atoms with Gasteiger partial charge in [-0.05, 0) is 19.8 Å². The lowest BCUT2D eigenvalue weighted by atomic mass is 9.81. The van der Waals surface area contributed by atoms with E-state index < -0.39 is 23.3 Å². The van der Waals surface area contributed by atoms with Gasteiger partial charge in [-0.15, -0.1) is 0 Å². The van der Waals surface area contributed by atoms with Crippen molar-refractivity contribution in [2.45, 2.75) is 49.2 Å². The molecular weight excluding hydrogens is 186 g/mol. The van der Waals surface area contributed by atoms with Crippen LogP contribution in [0.1, 0.15) is 19.8 Å². The minimum Gasteiger partial charge on any atom is -0.394 e. The van der Waals surface area contributed by atoms with Gasteiger partial charge >= 0.3 is 0 Å². The Balaban J connectivity index is 2.31. The fourth-order valence-corrected chi connectivity index (χ4v) is 2.83. The van der Waals surface area contributed by atoms with Gasteiger partial charge < -0.3 is 25.7 Å². The summed E-state index contributed by atoms with van der Waals surface area (Å²) in [7, 11) is 0. The zero-order valence-electron chi connectivity index (χ0n) is 8.14. The number of nitrogens with one attached hydrogen (secondary N) is 1. The van der Waals surface area contributed by atoms with Crippen LogP contribution in [-0.2, 0) is 0 Å². The average molecular weight is 203 g/mol. The second-order valence-electron chi connectivity index (χ2n) is 4.88. The summed E-state index contributed by atoms with van der Waals surface area (Å²) in [5, 5.41) is 41.6. The number of aliphatic hydroxyl groups is 4. The maximum atomic E-state index is 9.91. The van der Waals surface area contributed by atoms with E-state index >= 15 is 0 Å². The largest absolute Gasteiger partial charge is 0.394 e. The van der Waals surface area contributed by atoms with Crippen molar-refractivity contribution in [3.63, 3.8) is 0 Å². The van der Waals surface area contributed by atoms with Crippen LogP contribution in [0.15, 0.2) is 0 Å². The molecule has 0 aromatic carbocycles. The van der Waals surface area contributed by atoms with Gasteiger partial charge in [-0.2, -0.15) is 0 Å². The highest BCUT2D eigenvalue weighted by molar-refractivity contribution is 5.16. The van der Waals surface area contributed by atoms with E-state index in [4.69, 9.17) is 0 Å². The third-order valence-corrected chi connectivity index (χ3v) is 3.41. The van der Waals surface area contributed by atoms with E-state index in [0.717, 1.165) is 0 Å². The van der Waals surface area contributed by atoms with Gasteiger partial charge in [-0.1, -0.05) is 0 Å². The van der Waals surface area contributed by atoms with Crippen molar-refractivity contribution in [3.05, 3.63) is 0 Å². The molecule has 2 aliphatic heterocycles. The predicted molar refractivity (Wildman–Crippen MR) is 48.6 cm³/mol. The van der Waals surface area contributed by atoms with E-state index in [2.05, 4.69) is 5.32 Å². The Labute approximate surface area is 82.4 Å². The molecule has 14 heavy (non-hydrogen) atoms. The number of aliphatic hydroxyl groups excluding tert-OH is 3. The summed E-state index contributed by atoms with van der Waals surface area (Å²) < 4.78 is 0. The third-order valence-electron chi connectivity index (χ3n) is 3.41. The van der Waals surface area contributed by atoms with Crippen molar-refractivity contribution in [3.8, 4) is 0 Å². The van der Waals surface area contributed by atoms with Gasteiger partial charge in [-0.25, -0.2) is 0 Å². The molecule has 0 unspecified atom stereocenters. The van der Waals surface area contributed by atoms with Crippen molar-refractivity contribution in [1.82, 2.24) is 5.32 Å². The van der Waals surface area contributed by atoms with E-state index in [-0.39, 0.29) is 19.1 Å². The molecule has 5 atom stereocenters. The number of piperidine rings is 1. The fraction of sp³-hybridized carbons (Fsp3) is 1.00. The number of hydrogen-bond acceptors (Lipinski definition) is 5. The van der Waals surface area contributed by atoms with E-state index in [0.29, 0.717) is 6.42 Å². The first-order valence-electron chi connectivity index (χ1n) is 4.87. The Bertz CT molecular complexity index is 245. The van der Waals surface area contributed by atoms with Gasteiger partial charge in [0, 0.05) is 6.04 Å². The summed E-state index contributed by atoms with van der Waals surface area (Å²) in [5.41, 5.74) is -1.87. The van der Waals surface area contributed by atoms with Gasteiger partial charge in [0.1, 0.15) is 6.10 Å². The first-order chi connectivity index (χ1) is 6.40. The molecule has 0 saturated carbocycles. The molecule has 5 heteroatoms. The quantitative estimate of drug-likeness (QED) is 0.338. The maximum absolute atomic E-state index is 9.91.